The Labute approximate surface area is 107 Å². The van der Waals surface area contributed by atoms with Crippen molar-refractivity contribution in [3.63, 3.8) is 0 Å². The molecule has 0 fully saturated rings. The third kappa shape index (κ3) is 2.17. The monoisotopic (exact) mass is 256 g/mol. The Morgan fingerprint density at radius 3 is 2.68 bits per heavy atom. The maximum absolute atomic E-state index is 13.6. The second-order valence-corrected chi connectivity index (χ2v) is 3.99. The summed E-state index contributed by atoms with van der Waals surface area (Å²) in [6, 6.07) is 6.65. The molecule has 1 N–H and O–H groups in total. The predicted octanol–water partition coefficient (Wildman–Crippen LogP) is 1.77. The Hall–Kier alpha value is -2.70. The van der Waals surface area contributed by atoms with Gasteiger partial charge in [-0.2, -0.15) is 5.21 Å². The fraction of sp³-hybridized carbons (Fsp3) is 0.0833. The van der Waals surface area contributed by atoms with E-state index >= 15 is 0 Å². The summed E-state index contributed by atoms with van der Waals surface area (Å²) in [7, 11) is 0. The highest BCUT2D eigenvalue weighted by molar-refractivity contribution is 5.64. The molecule has 0 aliphatic heterocycles. The minimum Gasteiger partial charge on any atom is -0.236 e. The van der Waals surface area contributed by atoms with E-state index in [9.17, 15) is 4.39 Å². The van der Waals surface area contributed by atoms with Gasteiger partial charge < -0.3 is 0 Å². The van der Waals surface area contributed by atoms with Crippen molar-refractivity contribution >= 4 is 0 Å². The van der Waals surface area contributed by atoms with E-state index in [1.807, 2.05) is 0 Å². The Kier molecular flexibility index (Phi) is 2.71. The number of benzene rings is 1. The Bertz CT molecular complexity index is 710. The van der Waals surface area contributed by atoms with Crippen molar-refractivity contribution in [3.8, 4) is 22.8 Å². The van der Waals surface area contributed by atoms with Crippen LogP contribution in [0.4, 0.5) is 4.39 Å². The van der Waals surface area contributed by atoms with Crippen molar-refractivity contribution in [2.45, 2.75) is 6.92 Å². The number of aryl methyl sites for hydroxylation is 1. The van der Waals surface area contributed by atoms with Gasteiger partial charge in [-0.15, -0.1) is 10.2 Å². The maximum atomic E-state index is 13.6. The van der Waals surface area contributed by atoms with Gasteiger partial charge in [0.2, 0.25) is 5.82 Å². The minimum absolute atomic E-state index is 0.266. The highest BCUT2D eigenvalue weighted by Gasteiger charge is 2.08. The zero-order chi connectivity index (χ0) is 13.2. The topological polar surface area (TPSA) is 80.2 Å². The fourth-order valence-corrected chi connectivity index (χ4v) is 1.66. The SMILES string of the molecule is Cc1ccc(-c2cc(-c3nn[nH]n3)ncn2)cc1F. The minimum atomic E-state index is -0.266. The number of aromatic amines is 1. The summed E-state index contributed by atoms with van der Waals surface area (Å²) in [5.41, 5.74) is 2.40. The molecule has 0 spiro atoms. The van der Waals surface area contributed by atoms with E-state index in [2.05, 4.69) is 30.6 Å². The van der Waals surface area contributed by atoms with Crippen LogP contribution < -0.4 is 0 Å². The lowest BCUT2D eigenvalue weighted by atomic mass is 10.1. The zero-order valence-electron chi connectivity index (χ0n) is 10.0. The normalized spacial score (nSPS) is 10.6. The van der Waals surface area contributed by atoms with E-state index in [1.54, 1.807) is 25.1 Å². The molecule has 1 aromatic carbocycles. The molecule has 3 rings (SSSR count). The molecule has 0 aliphatic rings. The molecule has 0 unspecified atom stereocenters. The van der Waals surface area contributed by atoms with Gasteiger partial charge >= 0.3 is 0 Å². The third-order valence-electron chi connectivity index (χ3n) is 2.71. The Morgan fingerprint density at radius 2 is 1.95 bits per heavy atom. The number of nitrogens with one attached hydrogen (secondary N) is 1. The lowest BCUT2D eigenvalue weighted by molar-refractivity contribution is 0.619. The third-order valence-corrected chi connectivity index (χ3v) is 2.71. The van der Waals surface area contributed by atoms with Crippen molar-refractivity contribution < 1.29 is 4.39 Å². The summed E-state index contributed by atoms with van der Waals surface area (Å²) < 4.78 is 13.6. The van der Waals surface area contributed by atoms with Crippen LogP contribution in [0.25, 0.3) is 22.8 Å². The smallest absolute Gasteiger partial charge is 0.223 e. The van der Waals surface area contributed by atoms with E-state index in [0.29, 0.717) is 28.3 Å². The first-order valence-corrected chi connectivity index (χ1v) is 5.56. The summed E-state index contributed by atoms with van der Waals surface area (Å²) in [5, 5.41) is 13.5. The van der Waals surface area contributed by atoms with Crippen LogP contribution in [0.2, 0.25) is 0 Å². The van der Waals surface area contributed by atoms with Gasteiger partial charge in [-0.1, -0.05) is 12.1 Å². The molecule has 0 aliphatic carbocycles. The molecule has 0 radical (unpaired) electrons. The standard InChI is InChI=1S/C12H9FN6/c1-7-2-3-8(4-9(7)13)10-5-11(15-6-14-10)12-16-18-19-17-12/h2-6H,1H3,(H,16,17,18,19). The number of aromatic nitrogens is 6. The van der Waals surface area contributed by atoms with Gasteiger partial charge in [0.1, 0.15) is 17.8 Å². The Balaban J connectivity index is 2.06. The van der Waals surface area contributed by atoms with Gasteiger partial charge in [-0.3, -0.25) is 0 Å². The van der Waals surface area contributed by atoms with Crippen LogP contribution in [0, 0.1) is 12.7 Å². The predicted molar refractivity (Wildman–Crippen MR) is 65.3 cm³/mol. The van der Waals surface area contributed by atoms with Gasteiger partial charge in [0.25, 0.3) is 0 Å². The first-order valence-electron chi connectivity index (χ1n) is 5.56. The second-order valence-electron chi connectivity index (χ2n) is 3.99. The van der Waals surface area contributed by atoms with Gasteiger partial charge in [0.15, 0.2) is 0 Å². The highest BCUT2D eigenvalue weighted by atomic mass is 19.1. The van der Waals surface area contributed by atoms with Crippen LogP contribution in [-0.4, -0.2) is 30.6 Å². The van der Waals surface area contributed by atoms with Gasteiger partial charge in [0.05, 0.1) is 5.69 Å². The van der Waals surface area contributed by atoms with Gasteiger partial charge in [-0.05, 0) is 29.8 Å². The number of tetrazole rings is 1. The molecule has 0 saturated carbocycles. The van der Waals surface area contributed by atoms with Crippen molar-refractivity contribution in [3.05, 3.63) is 42.0 Å². The fourth-order valence-electron chi connectivity index (χ4n) is 1.66. The number of halogens is 1. The lowest BCUT2D eigenvalue weighted by Crippen LogP contribution is -1.92. The first-order chi connectivity index (χ1) is 9.24. The van der Waals surface area contributed by atoms with Crippen LogP contribution in [0.15, 0.2) is 30.6 Å². The van der Waals surface area contributed by atoms with Gasteiger partial charge in [0, 0.05) is 5.56 Å². The zero-order valence-corrected chi connectivity index (χ0v) is 10.0. The highest BCUT2D eigenvalue weighted by Crippen LogP contribution is 2.22. The van der Waals surface area contributed by atoms with Crippen LogP contribution in [-0.2, 0) is 0 Å². The summed E-state index contributed by atoms with van der Waals surface area (Å²) in [6.07, 6.45) is 1.39. The van der Waals surface area contributed by atoms with Crippen LogP contribution in [0.5, 0.6) is 0 Å². The van der Waals surface area contributed by atoms with E-state index in [4.69, 9.17) is 0 Å². The van der Waals surface area contributed by atoms with Crippen LogP contribution >= 0.6 is 0 Å². The molecule has 0 atom stereocenters. The van der Waals surface area contributed by atoms with E-state index in [1.165, 1.54) is 12.4 Å². The van der Waals surface area contributed by atoms with Crippen molar-refractivity contribution in [1.82, 2.24) is 30.6 Å². The molecule has 0 amide bonds. The molecule has 3 aromatic rings. The molecular weight excluding hydrogens is 247 g/mol. The number of hydrogen-bond acceptors (Lipinski definition) is 5. The second kappa shape index (κ2) is 4.52. The summed E-state index contributed by atoms with van der Waals surface area (Å²) in [4.78, 5) is 8.18. The molecule has 6 nitrogen and oxygen atoms in total. The van der Waals surface area contributed by atoms with Crippen molar-refractivity contribution in [2.24, 2.45) is 0 Å². The van der Waals surface area contributed by atoms with Crippen LogP contribution in [0.3, 0.4) is 0 Å². The molecule has 94 valence electrons. The molecule has 2 aromatic heterocycles. The molecule has 0 bridgehead atoms. The van der Waals surface area contributed by atoms with Crippen molar-refractivity contribution in [2.75, 3.05) is 0 Å². The molecular formula is C12H9FN6. The molecule has 7 heteroatoms. The first kappa shape index (κ1) is 11.4. The summed E-state index contributed by atoms with van der Waals surface area (Å²) in [6.45, 7) is 1.71. The summed E-state index contributed by atoms with van der Waals surface area (Å²) >= 11 is 0. The molecule has 0 saturated heterocycles. The lowest BCUT2D eigenvalue weighted by Gasteiger charge is -2.03. The largest absolute Gasteiger partial charge is 0.236 e. The van der Waals surface area contributed by atoms with E-state index in [-0.39, 0.29) is 5.82 Å². The molecule has 2 heterocycles. The number of rotatable bonds is 2. The number of hydrogen-bond donors (Lipinski definition) is 1. The maximum Gasteiger partial charge on any atom is 0.223 e. The number of nitrogens with zero attached hydrogens (tertiary/aromatic N) is 5. The van der Waals surface area contributed by atoms with Crippen molar-refractivity contribution in [1.29, 1.82) is 0 Å². The van der Waals surface area contributed by atoms with E-state index in [0.717, 1.165) is 0 Å². The average molecular weight is 256 g/mol. The quantitative estimate of drug-likeness (QED) is 0.755. The van der Waals surface area contributed by atoms with Crippen LogP contribution in [0.1, 0.15) is 5.56 Å². The number of H-pyrrole nitrogens is 1. The van der Waals surface area contributed by atoms with E-state index < -0.39 is 0 Å². The Morgan fingerprint density at radius 1 is 1.11 bits per heavy atom. The summed E-state index contributed by atoms with van der Waals surface area (Å²) in [5.74, 6) is 0.105. The van der Waals surface area contributed by atoms with Gasteiger partial charge in [-0.25, -0.2) is 14.4 Å². The molecule has 19 heavy (non-hydrogen) atoms. The average Bonchev–Trinajstić information content (AvgIpc) is 2.96.